The molecule has 1 aromatic carbocycles. The molecule has 5 heteroatoms. The van der Waals surface area contributed by atoms with Crippen molar-refractivity contribution in [2.45, 2.75) is 6.92 Å². The second kappa shape index (κ2) is 5.14. The van der Waals surface area contributed by atoms with E-state index in [9.17, 15) is 9.18 Å². The van der Waals surface area contributed by atoms with Gasteiger partial charge in [-0.15, -0.1) is 0 Å². The highest BCUT2D eigenvalue weighted by atomic mass is 127. The van der Waals surface area contributed by atoms with Crippen molar-refractivity contribution in [3.8, 4) is 0 Å². The zero-order valence-corrected chi connectivity index (χ0v) is 9.67. The van der Waals surface area contributed by atoms with Crippen molar-refractivity contribution >= 4 is 34.4 Å². The second-order valence-electron chi connectivity index (χ2n) is 2.47. The summed E-state index contributed by atoms with van der Waals surface area (Å²) in [6.45, 7) is 2.03. The summed E-state index contributed by atoms with van der Waals surface area (Å²) >= 11 is 1.94. The summed E-state index contributed by atoms with van der Waals surface area (Å²) in [5.41, 5.74) is 0.547. The van der Waals surface area contributed by atoms with E-state index in [0.717, 1.165) is 0 Å². The quantitative estimate of drug-likeness (QED) is 0.853. The zero-order valence-electron chi connectivity index (χ0n) is 7.51. The van der Waals surface area contributed by atoms with Crippen LogP contribution in [0.3, 0.4) is 0 Å². The number of ether oxygens (including phenoxy) is 1. The monoisotopic (exact) mass is 309 g/mol. The van der Waals surface area contributed by atoms with Gasteiger partial charge in [-0.2, -0.15) is 0 Å². The molecular weight excluding hydrogens is 300 g/mol. The van der Waals surface area contributed by atoms with Gasteiger partial charge < -0.3 is 4.74 Å². The van der Waals surface area contributed by atoms with Gasteiger partial charge >= 0.3 is 6.09 Å². The van der Waals surface area contributed by atoms with Crippen molar-refractivity contribution in [1.82, 2.24) is 0 Å². The van der Waals surface area contributed by atoms with E-state index in [2.05, 4.69) is 10.1 Å². The molecule has 76 valence electrons. The molecule has 0 saturated carbocycles. The van der Waals surface area contributed by atoms with Gasteiger partial charge in [0, 0.05) is 3.57 Å². The van der Waals surface area contributed by atoms with Gasteiger partial charge in [0.2, 0.25) is 0 Å². The molecule has 1 aromatic rings. The van der Waals surface area contributed by atoms with Crippen LogP contribution in [-0.4, -0.2) is 12.7 Å². The van der Waals surface area contributed by atoms with E-state index >= 15 is 0 Å². The summed E-state index contributed by atoms with van der Waals surface area (Å²) in [7, 11) is 0. The SMILES string of the molecule is CCOC(=O)Nc1ccc(F)cc1I. The molecule has 0 fully saturated rings. The zero-order chi connectivity index (χ0) is 10.6. The molecule has 1 amide bonds. The third-order valence-corrected chi connectivity index (χ3v) is 2.34. The van der Waals surface area contributed by atoms with Gasteiger partial charge in [-0.3, -0.25) is 5.32 Å². The molecule has 0 heterocycles. The van der Waals surface area contributed by atoms with Gasteiger partial charge in [-0.25, -0.2) is 9.18 Å². The number of anilines is 1. The third kappa shape index (κ3) is 3.13. The highest BCUT2D eigenvalue weighted by Crippen LogP contribution is 2.18. The van der Waals surface area contributed by atoms with Gasteiger partial charge in [-0.1, -0.05) is 0 Å². The van der Waals surface area contributed by atoms with E-state index < -0.39 is 6.09 Å². The van der Waals surface area contributed by atoms with E-state index in [1.165, 1.54) is 18.2 Å². The first-order chi connectivity index (χ1) is 6.63. The maximum Gasteiger partial charge on any atom is 0.411 e. The predicted molar refractivity (Wildman–Crippen MR) is 59.8 cm³/mol. The maximum absolute atomic E-state index is 12.7. The van der Waals surface area contributed by atoms with Crippen molar-refractivity contribution in [1.29, 1.82) is 0 Å². The Hall–Kier alpha value is -0.850. The number of carbonyl (C=O) groups is 1. The minimum absolute atomic E-state index is 0.309. The number of rotatable bonds is 2. The summed E-state index contributed by atoms with van der Waals surface area (Å²) in [6, 6.07) is 4.11. The number of amides is 1. The first kappa shape index (κ1) is 11.2. The van der Waals surface area contributed by atoms with Crippen molar-refractivity contribution in [3.63, 3.8) is 0 Å². The number of hydrogen-bond acceptors (Lipinski definition) is 2. The minimum atomic E-state index is -0.531. The average molecular weight is 309 g/mol. The Bertz CT molecular complexity index is 344. The van der Waals surface area contributed by atoms with Crippen LogP contribution >= 0.6 is 22.6 Å². The first-order valence-corrected chi connectivity index (χ1v) is 5.10. The number of carbonyl (C=O) groups excluding carboxylic acids is 1. The summed E-state index contributed by atoms with van der Waals surface area (Å²) in [4.78, 5) is 11.0. The lowest BCUT2D eigenvalue weighted by Crippen LogP contribution is -2.14. The Morgan fingerprint density at radius 1 is 1.64 bits per heavy atom. The van der Waals surface area contributed by atoms with E-state index in [-0.39, 0.29) is 5.82 Å². The number of hydrogen-bond donors (Lipinski definition) is 1. The number of halogens is 2. The maximum atomic E-state index is 12.7. The van der Waals surface area contributed by atoms with Crippen LogP contribution in [0.2, 0.25) is 0 Å². The highest BCUT2D eigenvalue weighted by Gasteiger charge is 2.05. The molecule has 0 aromatic heterocycles. The molecule has 0 unspecified atom stereocenters. The smallest absolute Gasteiger partial charge is 0.411 e. The van der Waals surface area contributed by atoms with Crippen molar-refractivity contribution in [2.75, 3.05) is 11.9 Å². The topological polar surface area (TPSA) is 38.3 Å². The molecule has 3 nitrogen and oxygen atoms in total. The van der Waals surface area contributed by atoms with Gasteiger partial charge in [0.15, 0.2) is 0 Å². The number of benzene rings is 1. The average Bonchev–Trinajstić information content (AvgIpc) is 2.10. The summed E-state index contributed by atoms with van der Waals surface area (Å²) < 4.78 is 18.0. The van der Waals surface area contributed by atoms with Gasteiger partial charge in [0.05, 0.1) is 12.3 Å². The van der Waals surface area contributed by atoms with Crippen LogP contribution in [0.5, 0.6) is 0 Å². The Morgan fingerprint density at radius 2 is 2.36 bits per heavy atom. The van der Waals surface area contributed by atoms with E-state index in [0.29, 0.717) is 15.9 Å². The Labute approximate surface area is 94.8 Å². The van der Waals surface area contributed by atoms with E-state index in [1.54, 1.807) is 6.92 Å². The van der Waals surface area contributed by atoms with Crippen molar-refractivity contribution in [2.24, 2.45) is 0 Å². The van der Waals surface area contributed by atoms with Crippen LogP contribution in [0.4, 0.5) is 14.9 Å². The van der Waals surface area contributed by atoms with Gasteiger partial charge in [0.25, 0.3) is 0 Å². The molecule has 0 aliphatic carbocycles. The standard InChI is InChI=1S/C9H9FINO2/c1-2-14-9(13)12-8-4-3-6(10)5-7(8)11/h3-5H,2H2,1H3,(H,12,13). The van der Waals surface area contributed by atoms with Gasteiger partial charge in [0.1, 0.15) is 5.82 Å². The molecule has 0 saturated heterocycles. The molecule has 1 rings (SSSR count). The molecule has 0 atom stereocenters. The van der Waals surface area contributed by atoms with Crippen molar-refractivity contribution < 1.29 is 13.9 Å². The molecule has 0 spiro atoms. The molecule has 14 heavy (non-hydrogen) atoms. The highest BCUT2D eigenvalue weighted by molar-refractivity contribution is 14.1. The predicted octanol–water partition coefficient (Wildman–Crippen LogP) is 3.00. The molecule has 0 radical (unpaired) electrons. The Morgan fingerprint density at radius 3 is 2.93 bits per heavy atom. The Balaban J connectivity index is 2.72. The summed E-state index contributed by atoms with van der Waals surface area (Å²) in [6.07, 6.45) is -0.531. The lowest BCUT2D eigenvalue weighted by Gasteiger charge is -2.06. The number of nitrogens with one attached hydrogen (secondary N) is 1. The molecule has 0 aliphatic rings. The first-order valence-electron chi connectivity index (χ1n) is 4.02. The van der Waals surface area contributed by atoms with Crippen LogP contribution in [0, 0.1) is 9.39 Å². The normalized spacial score (nSPS) is 9.64. The Kier molecular flexibility index (Phi) is 4.12. The lowest BCUT2D eigenvalue weighted by molar-refractivity contribution is 0.168. The van der Waals surface area contributed by atoms with Crippen molar-refractivity contribution in [3.05, 3.63) is 27.6 Å². The summed E-state index contributed by atoms with van der Waals surface area (Å²) in [5, 5.41) is 2.50. The van der Waals surface area contributed by atoms with Crippen LogP contribution in [0.25, 0.3) is 0 Å². The third-order valence-electron chi connectivity index (χ3n) is 1.44. The van der Waals surface area contributed by atoms with E-state index in [1.807, 2.05) is 22.6 Å². The fourth-order valence-corrected chi connectivity index (χ4v) is 1.48. The fourth-order valence-electron chi connectivity index (χ4n) is 0.868. The van der Waals surface area contributed by atoms with Gasteiger partial charge in [-0.05, 0) is 47.7 Å². The molecule has 0 bridgehead atoms. The lowest BCUT2D eigenvalue weighted by atomic mass is 10.3. The van der Waals surface area contributed by atoms with Crippen LogP contribution in [-0.2, 0) is 4.74 Å². The molecular formula is C9H9FINO2. The largest absolute Gasteiger partial charge is 0.450 e. The van der Waals surface area contributed by atoms with E-state index in [4.69, 9.17) is 0 Å². The van der Waals surface area contributed by atoms with Crippen LogP contribution in [0.1, 0.15) is 6.92 Å². The molecule has 0 aliphatic heterocycles. The fraction of sp³-hybridized carbons (Fsp3) is 0.222. The molecule has 1 N–H and O–H groups in total. The summed E-state index contributed by atoms with van der Waals surface area (Å²) in [5.74, 6) is -0.330. The minimum Gasteiger partial charge on any atom is -0.450 e. The van der Waals surface area contributed by atoms with Crippen LogP contribution in [0.15, 0.2) is 18.2 Å². The second-order valence-corrected chi connectivity index (χ2v) is 3.63. The van der Waals surface area contributed by atoms with Crippen LogP contribution < -0.4 is 5.32 Å².